The molecule has 0 spiro atoms. The summed E-state index contributed by atoms with van der Waals surface area (Å²) in [4.78, 5) is 26.9. The molecule has 0 aromatic heterocycles. The molecule has 5 rings (SSSR count). The van der Waals surface area contributed by atoms with Crippen LogP contribution in [0.25, 0.3) is 0 Å². The number of thioether (sulfide) groups is 1. The van der Waals surface area contributed by atoms with Gasteiger partial charge in [0.15, 0.2) is 5.78 Å². The molecule has 5 aliphatic rings. The van der Waals surface area contributed by atoms with Gasteiger partial charge in [0.1, 0.15) is 5.60 Å². The second kappa shape index (κ2) is 12.4. The van der Waals surface area contributed by atoms with Crippen LogP contribution in [0.4, 0.5) is 0 Å². The monoisotopic (exact) mass is 478 g/mol. The number of ether oxygens (including phenoxy) is 1. The summed E-state index contributed by atoms with van der Waals surface area (Å²) in [5.74, 6) is 2.46. The summed E-state index contributed by atoms with van der Waals surface area (Å²) in [6.45, 7) is 1.56. The van der Waals surface area contributed by atoms with Crippen molar-refractivity contribution < 1.29 is 14.3 Å². The van der Waals surface area contributed by atoms with Gasteiger partial charge in [-0.1, -0.05) is 57.8 Å². The summed E-state index contributed by atoms with van der Waals surface area (Å²) < 4.78 is 6.84. The number of rotatable bonds is 5. The molecule has 3 aliphatic carbocycles. The van der Waals surface area contributed by atoms with E-state index in [2.05, 4.69) is 10.6 Å². The number of fused-ring (bicyclic) bond motifs is 8. The molecule has 2 aliphatic heterocycles. The van der Waals surface area contributed by atoms with Crippen LogP contribution in [0, 0.1) is 5.92 Å². The Morgan fingerprint density at radius 3 is 2.09 bits per heavy atom. The molecule has 0 radical (unpaired) electrons. The molecule has 2 saturated heterocycles. The molecule has 2 bridgehead atoms. The number of ketones is 1. The van der Waals surface area contributed by atoms with E-state index in [0.717, 1.165) is 43.9 Å². The first-order valence-electron chi connectivity index (χ1n) is 13.9. The lowest BCUT2D eigenvalue weighted by Gasteiger charge is -2.46. The molecule has 3 saturated carbocycles. The topological polar surface area (TPSA) is 67.4 Å². The molecule has 5 nitrogen and oxygen atoms in total. The van der Waals surface area contributed by atoms with Gasteiger partial charge >= 0.3 is 0 Å². The van der Waals surface area contributed by atoms with Crippen molar-refractivity contribution in [3.63, 3.8) is 0 Å². The third kappa shape index (κ3) is 6.76. The maximum absolute atomic E-state index is 13.5. The van der Waals surface area contributed by atoms with E-state index in [1.54, 1.807) is 11.8 Å². The Labute approximate surface area is 205 Å². The van der Waals surface area contributed by atoms with E-state index in [-0.39, 0.29) is 12.0 Å². The van der Waals surface area contributed by atoms with E-state index in [1.165, 1.54) is 70.6 Å². The molecule has 5 fully saturated rings. The van der Waals surface area contributed by atoms with Crippen LogP contribution in [-0.4, -0.2) is 53.5 Å². The van der Waals surface area contributed by atoms with Gasteiger partial charge in [-0.05, 0) is 63.8 Å². The van der Waals surface area contributed by atoms with Crippen molar-refractivity contribution in [2.75, 3.05) is 24.6 Å². The van der Waals surface area contributed by atoms with Crippen LogP contribution in [0.15, 0.2) is 0 Å². The van der Waals surface area contributed by atoms with Crippen LogP contribution in [0.3, 0.4) is 0 Å². The predicted octanol–water partition coefficient (Wildman–Crippen LogP) is 5.16. The largest absolute Gasteiger partial charge is 0.362 e. The molecule has 0 atom stereocenters. The standard InChI is InChI=1S/C27H46N2O3S/c30-24-21-33-19-18-28-25(31)27(32-23-12-7-5-3-1-2-4-6-8-13-23)16-14-26(24,15-17-27)29-20-22-10-9-11-22/h22-23,29H,1-21H2,(H,28,31). The van der Waals surface area contributed by atoms with Gasteiger partial charge in [-0.2, -0.15) is 11.8 Å². The van der Waals surface area contributed by atoms with Crippen LogP contribution >= 0.6 is 11.8 Å². The van der Waals surface area contributed by atoms with Gasteiger partial charge in [-0.15, -0.1) is 0 Å². The van der Waals surface area contributed by atoms with E-state index >= 15 is 0 Å². The molecule has 188 valence electrons. The number of Topliss-reactive ketones (excluding diaryl/α,β-unsaturated/α-hetero) is 1. The maximum atomic E-state index is 13.5. The highest BCUT2D eigenvalue weighted by molar-refractivity contribution is 7.99. The zero-order chi connectivity index (χ0) is 23.0. The van der Waals surface area contributed by atoms with E-state index in [0.29, 0.717) is 30.9 Å². The minimum Gasteiger partial charge on any atom is -0.362 e. The molecule has 0 aromatic carbocycles. The Bertz CT molecular complexity index is 631. The smallest absolute Gasteiger partial charge is 0.252 e. The summed E-state index contributed by atoms with van der Waals surface area (Å²) in [6, 6.07) is 0. The van der Waals surface area contributed by atoms with Crippen molar-refractivity contribution in [2.24, 2.45) is 5.92 Å². The third-order valence-electron chi connectivity index (χ3n) is 8.77. The van der Waals surface area contributed by atoms with E-state index < -0.39 is 11.1 Å². The summed E-state index contributed by atoms with van der Waals surface area (Å²) in [5.41, 5.74) is -1.23. The average molecular weight is 479 g/mol. The van der Waals surface area contributed by atoms with Gasteiger partial charge < -0.3 is 15.4 Å². The first-order chi connectivity index (χ1) is 16.1. The first kappa shape index (κ1) is 25.5. The Morgan fingerprint density at radius 1 is 0.848 bits per heavy atom. The number of carbonyl (C=O) groups excluding carboxylic acids is 2. The Hall–Kier alpha value is -0.590. The quantitative estimate of drug-likeness (QED) is 0.571. The highest BCUT2D eigenvalue weighted by Crippen LogP contribution is 2.41. The van der Waals surface area contributed by atoms with E-state index in [9.17, 15) is 9.59 Å². The van der Waals surface area contributed by atoms with Crippen molar-refractivity contribution in [2.45, 2.75) is 126 Å². The number of hydrogen-bond acceptors (Lipinski definition) is 5. The lowest BCUT2D eigenvalue weighted by Crippen LogP contribution is -2.62. The molecule has 2 N–H and O–H groups in total. The van der Waals surface area contributed by atoms with Gasteiger partial charge in [-0.3, -0.25) is 9.59 Å². The fourth-order valence-electron chi connectivity index (χ4n) is 6.16. The lowest BCUT2D eigenvalue weighted by atomic mass is 9.71. The van der Waals surface area contributed by atoms with Gasteiger partial charge in [0.05, 0.1) is 17.4 Å². The van der Waals surface area contributed by atoms with Gasteiger partial charge in [0, 0.05) is 12.3 Å². The van der Waals surface area contributed by atoms with Crippen LogP contribution in [0.2, 0.25) is 0 Å². The summed E-state index contributed by atoms with van der Waals surface area (Å²) in [6.07, 6.45) is 19.3. The van der Waals surface area contributed by atoms with Crippen molar-refractivity contribution in [1.82, 2.24) is 10.6 Å². The molecule has 2 heterocycles. The number of carbonyl (C=O) groups is 2. The summed E-state index contributed by atoms with van der Waals surface area (Å²) >= 11 is 1.66. The van der Waals surface area contributed by atoms with Crippen molar-refractivity contribution in [1.29, 1.82) is 0 Å². The minimum atomic E-state index is -0.762. The second-order valence-electron chi connectivity index (χ2n) is 11.1. The van der Waals surface area contributed by atoms with Gasteiger partial charge in [0.25, 0.3) is 5.91 Å². The van der Waals surface area contributed by atoms with E-state index in [4.69, 9.17) is 4.74 Å². The first-order valence-corrected chi connectivity index (χ1v) is 15.1. The molecule has 33 heavy (non-hydrogen) atoms. The van der Waals surface area contributed by atoms with Crippen molar-refractivity contribution in [3.8, 4) is 0 Å². The predicted molar refractivity (Wildman–Crippen MR) is 136 cm³/mol. The Morgan fingerprint density at radius 2 is 1.48 bits per heavy atom. The summed E-state index contributed by atoms with van der Waals surface area (Å²) in [7, 11) is 0. The van der Waals surface area contributed by atoms with E-state index in [1.807, 2.05) is 0 Å². The van der Waals surface area contributed by atoms with Crippen LogP contribution < -0.4 is 10.6 Å². The van der Waals surface area contributed by atoms with Crippen LogP contribution in [0.5, 0.6) is 0 Å². The highest BCUT2D eigenvalue weighted by Gasteiger charge is 2.51. The Balaban J connectivity index is 1.47. The fraction of sp³-hybridized carbons (Fsp3) is 0.926. The fourth-order valence-corrected chi connectivity index (χ4v) is 7.01. The average Bonchev–Trinajstić information content (AvgIpc) is 2.86. The van der Waals surface area contributed by atoms with Crippen LogP contribution in [-0.2, 0) is 14.3 Å². The molecular formula is C27H46N2O3S. The molecule has 0 aromatic rings. The molecular weight excluding hydrogens is 432 g/mol. The second-order valence-corrected chi connectivity index (χ2v) is 12.2. The Kier molecular flexibility index (Phi) is 9.58. The van der Waals surface area contributed by atoms with Gasteiger partial charge in [-0.25, -0.2) is 0 Å². The SMILES string of the molecule is O=C1CSCCNC(=O)C2(OC3CCCCCCCCCC3)CCC1(NCC1CCC1)CC2. The normalized spacial score (nSPS) is 34.1. The lowest BCUT2D eigenvalue weighted by molar-refractivity contribution is -0.168. The molecule has 6 heteroatoms. The minimum absolute atomic E-state index is 0.0689. The maximum Gasteiger partial charge on any atom is 0.252 e. The zero-order valence-electron chi connectivity index (χ0n) is 20.6. The van der Waals surface area contributed by atoms with Crippen molar-refractivity contribution in [3.05, 3.63) is 0 Å². The molecule has 1 amide bonds. The number of nitrogens with one attached hydrogen (secondary N) is 2. The molecule has 0 unspecified atom stereocenters. The van der Waals surface area contributed by atoms with Crippen LogP contribution in [0.1, 0.15) is 109 Å². The van der Waals surface area contributed by atoms with Crippen molar-refractivity contribution >= 4 is 23.5 Å². The zero-order valence-corrected chi connectivity index (χ0v) is 21.5. The van der Waals surface area contributed by atoms with Gasteiger partial charge in [0.2, 0.25) is 0 Å². The third-order valence-corrected chi connectivity index (χ3v) is 9.73. The summed E-state index contributed by atoms with van der Waals surface area (Å²) in [5, 5.41) is 6.91. The number of amides is 1. The highest BCUT2D eigenvalue weighted by atomic mass is 32.2. The number of hydrogen-bond donors (Lipinski definition) is 2.